The van der Waals surface area contributed by atoms with Crippen molar-refractivity contribution in [2.24, 2.45) is 0 Å². The Morgan fingerprint density at radius 2 is 2.06 bits per heavy atom. The van der Waals surface area contributed by atoms with Crippen molar-refractivity contribution in [1.29, 1.82) is 0 Å². The molecule has 7 nitrogen and oxygen atoms in total. The third kappa shape index (κ3) is 3.84. The van der Waals surface area contributed by atoms with Gasteiger partial charge in [-0.05, 0) is 50.3 Å². The number of rotatable bonds is 7. The molecular formula is C23H25N5O2S2. The Balaban J connectivity index is 1.42. The van der Waals surface area contributed by atoms with Gasteiger partial charge in [0, 0.05) is 11.3 Å². The van der Waals surface area contributed by atoms with Gasteiger partial charge >= 0.3 is 0 Å². The molecule has 0 atom stereocenters. The Hall–Kier alpha value is -2.65. The molecule has 32 heavy (non-hydrogen) atoms. The molecular weight excluding hydrogens is 442 g/mol. The van der Waals surface area contributed by atoms with Crippen LogP contribution >= 0.6 is 23.1 Å². The van der Waals surface area contributed by atoms with Gasteiger partial charge < -0.3 is 10.1 Å². The van der Waals surface area contributed by atoms with Crippen molar-refractivity contribution in [3.8, 4) is 5.75 Å². The van der Waals surface area contributed by atoms with E-state index in [4.69, 9.17) is 9.72 Å². The van der Waals surface area contributed by atoms with Crippen molar-refractivity contribution in [3.05, 3.63) is 40.5 Å². The number of amides is 1. The highest BCUT2D eigenvalue weighted by Crippen LogP contribution is 2.38. The molecule has 3 aromatic heterocycles. The lowest BCUT2D eigenvalue weighted by molar-refractivity contribution is -0.113. The van der Waals surface area contributed by atoms with E-state index in [0.717, 1.165) is 41.0 Å². The molecule has 4 aromatic rings. The lowest BCUT2D eigenvalue weighted by Gasteiger charge is -2.11. The zero-order valence-electron chi connectivity index (χ0n) is 18.2. The number of carbonyl (C=O) groups is 1. The van der Waals surface area contributed by atoms with Crippen molar-refractivity contribution in [2.75, 3.05) is 17.7 Å². The topological polar surface area (TPSA) is 81.4 Å². The van der Waals surface area contributed by atoms with Gasteiger partial charge in [0.15, 0.2) is 10.8 Å². The minimum Gasteiger partial charge on any atom is -0.492 e. The van der Waals surface area contributed by atoms with E-state index in [9.17, 15) is 4.79 Å². The number of aryl methyl sites for hydroxylation is 3. The third-order valence-electron chi connectivity index (χ3n) is 5.61. The molecule has 1 aromatic carbocycles. The van der Waals surface area contributed by atoms with Gasteiger partial charge in [0.2, 0.25) is 5.91 Å². The summed E-state index contributed by atoms with van der Waals surface area (Å²) < 4.78 is 7.64. The highest BCUT2D eigenvalue weighted by atomic mass is 32.2. The second-order valence-electron chi connectivity index (χ2n) is 7.68. The normalized spacial score (nSPS) is 13.4. The number of fused-ring (bicyclic) bond motifs is 5. The zero-order chi connectivity index (χ0) is 22.1. The lowest BCUT2D eigenvalue weighted by Crippen LogP contribution is -2.15. The van der Waals surface area contributed by atoms with Crippen LogP contribution in [0.4, 0.5) is 5.69 Å². The summed E-state index contributed by atoms with van der Waals surface area (Å²) in [6.07, 6.45) is 5.43. The first-order valence-electron chi connectivity index (χ1n) is 11.0. The second-order valence-corrected chi connectivity index (χ2v) is 9.71. The van der Waals surface area contributed by atoms with Crippen molar-refractivity contribution in [2.45, 2.75) is 51.1 Å². The largest absolute Gasteiger partial charge is 0.492 e. The van der Waals surface area contributed by atoms with Gasteiger partial charge in [0.1, 0.15) is 16.4 Å². The summed E-state index contributed by atoms with van der Waals surface area (Å²) in [5, 5.41) is 13.8. The molecule has 0 unspecified atom stereocenters. The number of ether oxygens (including phenoxy) is 1. The maximum Gasteiger partial charge on any atom is 0.234 e. The van der Waals surface area contributed by atoms with Crippen LogP contribution in [0.5, 0.6) is 5.75 Å². The SMILES string of the molecule is CCOc1ccccc1NC(=O)CSc1nnc2c3c4c(sc3nc(CC)n12)CCCC4. The molecule has 1 amide bonds. The number of anilines is 1. The number of nitrogens with one attached hydrogen (secondary N) is 1. The molecule has 0 saturated carbocycles. The van der Waals surface area contributed by atoms with Crippen LogP contribution in [-0.2, 0) is 24.1 Å². The summed E-state index contributed by atoms with van der Waals surface area (Å²) in [4.78, 5) is 20.1. The molecule has 0 saturated heterocycles. The first kappa shape index (κ1) is 21.2. The molecule has 1 N–H and O–H groups in total. The van der Waals surface area contributed by atoms with Crippen molar-refractivity contribution < 1.29 is 9.53 Å². The van der Waals surface area contributed by atoms with Crippen LogP contribution in [0.3, 0.4) is 0 Å². The minimum atomic E-state index is -0.112. The van der Waals surface area contributed by atoms with Crippen LogP contribution in [-0.4, -0.2) is 37.8 Å². The Morgan fingerprint density at radius 1 is 1.22 bits per heavy atom. The Labute approximate surface area is 194 Å². The lowest BCUT2D eigenvalue weighted by atomic mass is 9.97. The quantitative estimate of drug-likeness (QED) is 0.389. The van der Waals surface area contributed by atoms with Crippen LogP contribution in [0, 0.1) is 0 Å². The predicted molar refractivity (Wildman–Crippen MR) is 129 cm³/mol. The maximum absolute atomic E-state index is 12.7. The van der Waals surface area contributed by atoms with E-state index >= 15 is 0 Å². The zero-order valence-corrected chi connectivity index (χ0v) is 19.8. The van der Waals surface area contributed by atoms with Gasteiger partial charge in [-0.1, -0.05) is 30.8 Å². The van der Waals surface area contributed by atoms with Gasteiger partial charge in [-0.3, -0.25) is 9.20 Å². The maximum atomic E-state index is 12.7. The van der Waals surface area contributed by atoms with E-state index in [1.54, 1.807) is 11.3 Å². The first-order chi connectivity index (χ1) is 15.7. The van der Waals surface area contributed by atoms with Crippen molar-refractivity contribution in [1.82, 2.24) is 19.6 Å². The predicted octanol–water partition coefficient (Wildman–Crippen LogP) is 4.91. The van der Waals surface area contributed by atoms with Gasteiger partial charge in [0.25, 0.3) is 0 Å². The molecule has 9 heteroatoms. The Bertz CT molecular complexity index is 1300. The van der Waals surface area contributed by atoms with Crippen LogP contribution in [0.25, 0.3) is 15.9 Å². The number of hydrogen-bond acceptors (Lipinski definition) is 7. The van der Waals surface area contributed by atoms with Crippen molar-refractivity contribution in [3.63, 3.8) is 0 Å². The number of para-hydroxylation sites is 2. The summed E-state index contributed by atoms with van der Waals surface area (Å²) in [6, 6.07) is 7.46. The molecule has 5 rings (SSSR count). The van der Waals surface area contributed by atoms with Gasteiger partial charge in [0.05, 0.1) is 23.4 Å². The summed E-state index contributed by atoms with van der Waals surface area (Å²) in [6.45, 7) is 4.56. The molecule has 1 aliphatic carbocycles. The summed E-state index contributed by atoms with van der Waals surface area (Å²) in [7, 11) is 0. The number of benzene rings is 1. The fourth-order valence-electron chi connectivity index (χ4n) is 4.19. The molecule has 0 spiro atoms. The first-order valence-corrected chi connectivity index (χ1v) is 12.8. The average Bonchev–Trinajstić information content (AvgIpc) is 3.39. The van der Waals surface area contributed by atoms with E-state index in [0.29, 0.717) is 23.2 Å². The molecule has 0 radical (unpaired) electrons. The number of carbonyl (C=O) groups excluding carboxylic acids is 1. The fourth-order valence-corrected chi connectivity index (χ4v) is 6.22. The molecule has 0 fully saturated rings. The smallest absolute Gasteiger partial charge is 0.234 e. The van der Waals surface area contributed by atoms with Crippen LogP contribution in [0.15, 0.2) is 29.4 Å². The summed E-state index contributed by atoms with van der Waals surface area (Å²) in [5.74, 6) is 1.72. The highest BCUT2D eigenvalue weighted by molar-refractivity contribution is 7.99. The summed E-state index contributed by atoms with van der Waals surface area (Å²) >= 11 is 3.18. The monoisotopic (exact) mass is 467 g/mol. The molecule has 1 aliphatic rings. The van der Waals surface area contributed by atoms with Gasteiger partial charge in [-0.25, -0.2) is 4.98 Å². The minimum absolute atomic E-state index is 0.112. The second kappa shape index (κ2) is 9.07. The summed E-state index contributed by atoms with van der Waals surface area (Å²) in [5.41, 5.74) is 2.94. The third-order valence-corrected chi connectivity index (χ3v) is 7.72. The number of nitrogens with zero attached hydrogens (tertiary/aromatic N) is 4. The number of thiophene rings is 1. The van der Waals surface area contributed by atoms with E-state index in [1.807, 2.05) is 35.6 Å². The molecule has 3 heterocycles. The van der Waals surface area contributed by atoms with Gasteiger partial charge in [-0.15, -0.1) is 21.5 Å². The number of thioether (sulfide) groups is 1. The average molecular weight is 468 g/mol. The number of hydrogen-bond donors (Lipinski definition) is 1. The van der Waals surface area contributed by atoms with E-state index in [2.05, 4.69) is 22.4 Å². The van der Waals surface area contributed by atoms with Crippen LogP contribution in [0.2, 0.25) is 0 Å². The highest BCUT2D eigenvalue weighted by Gasteiger charge is 2.23. The molecule has 166 valence electrons. The standard InChI is InChI=1S/C23H25N5O2S2/c1-3-18-25-22-20(14-9-5-8-12-17(14)32-22)21-26-27-23(28(18)21)31-13-19(29)24-15-10-6-7-11-16(15)30-4-2/h6-7,10-11H,3-5,8-9,12-13H2,1-2H3,(H,24,29). The van der Waals surface area contributed by atoms with E-state index in [1.165, 1.54) is 35.0 Å². The Morgan fingerprint density at radius 3 is 2.91 bits per heavy atom. The van der Waals surface area contributed by atoms with Crippen molar-refractivity contribution >= 4 is 50.6 Å². The van der Waals surface area contributed by atoms with Crippen LogP contribution in [0.1, 0.15) is 43.0 Å². The fraction of sp³-hybridized carbons (Fsp3) is 0.391. The Kier molecular flexibility index (Phi) is 6.01. The van der Waals surface area contributed by atoms with Crippen LogP contribution < -0.4 is 10.1 Å². The van der Waals surface area contributed by atoms with E-state index < -0.39 is 0 Å². The molecule has 0 aliphatic heterocycles. The van der Waals surface area contributed by atoms with Gasteiger partial charge in [-0.2, -0.15) is 0 Å². The number of aromatic nitrogens is 4. The van der Waals surface area contributed by atoms with E-state index in [-0.39, 0.29) is 11.7 Å². The molecule has 0 bridgehead atoms.